The molecular formula is C17H24F3N7S. The third-order valence-electron chi connectivity index (χ3n) is 4.39. The number of nitrogens with zero attached hydrogens (tertiary/aromatic N) is 5. The van der Waals surface area contributed by atoms with Crippen molar-refractivity contribution >= 4 is 17.3 Å². The summed E-state index contributed by atoms with van der Waals surface area (Å²) in [5.74, 6) is 2.55. The maximum atomic E-state index is 12.6. The van der Waals surface area contributed by atoms with Gasteiger partial charge in [0.05, 0.1) is 6.54 Å². The van der Waals surface area contributed by atoms with Gasteiger partial charge in [0.1, 0.15) is 16.7 Å². The highest BCUT2D eigenvalue weighted by atomic mass is 32.1. The van der Waals surface area contributed by atoms with Crippen LogP contribution in [0.2, 0.25) is 0 Å². The molecule has 0 aliphatic carbocycles. The molecule has 0 unspecified atom stereocenters. The second-order valence-corrected chi connectivity index (χ2v) is 7.43. The Morgan fingerprint density at radius 2 is 2.11 bits per heavy atom. The van der Waals surface area contributed by atoms with Gasteiger partial charge in [-0.25, -0.2) is 9.98 Å². The summed E-state index contributed by atoms with van der Waals surface area (Å²) in [5, 5.41) is 16.2. The Morgan fingerprint density at radius 1 is 1.25 bits per heavy atom. The van der Waals surface area contributed by atoms with Gasteiger partial charge in [-0.3, -0.25) is 0 Å². The molecule has 0 radical (unpaired) electrons. The summed E-state index contributed by atoms with van der Waals surface area (Å²) in [6.45, 7) is 4.24. The smallest absolute Gasteiger partial charge is 0.357 e. The zero-order chi connectivity index (χ0) is 20.0. The van der Waals surface area contributed by atoms with E-state index in [0.717, 1.165) is 54.2 Å². The van der Waals surface area contributed by atoms with Gasteiger partial charge in [0, 0.05) is 37.9 Å². The van der Waals surface area contributed by atoms with Gasteiger partial charge in [0.2, 0.25) is 0 Å². The molecule has 2 aromatic heterocycles. The van der Waals surface area contributed by atoms with Crippen molar-refractivity contribution in [2.24, 2.45) is 4.99 Å². The van der Waals surface area contributed by atoms with Crippen molar-refractivity contribution in [2.75, 3.05) is 13.1 Å². The minimum atomic E-state index is -4.42. The molecule has 0 aromatic carbocycles. The van der Waals surface area contributed by atoms with E-state index >= 15 is 0 Å². The summed E-state index contributed by atoms with van der Waals surface area (Å²) in [5.41, 5.74) is -0.867. The molecule has 0 atom stereocenters. The maximum absolute atomic E-state index is 12.6. The van der Waals surface area contributed by atoms with Gasteiger partial charge in [-0.2, -0.15) is 13.2 Å². The fraction of sp³-hybridized carbons (Fsp3) is 0.647. The third-order valence-corrected chi connectivity index (χ3v) is 5.22. The molecule has 0 spiro atoms. The van der Waals surface area contributed by atoms with Crippen LogP contribution < -0.4 is 10.6 Å². The Hall–Kier alpha value is -2.17. The molecule has 3 heterocycles. The average Bonchev–Trinajstić information content (AvgIpc) is 3.21. The quantitative estimate of drug-likeness (QED) is 0.560. The van der Waals surface area contributed by atoms with E-state index in [-0.39, 0.29) is 6.54 Å². The molecule has 0 fully saturated rings. The molecule has 11 heteroatoms. The summed E-state index contributed by atoms with van der Waals surface area (Å²) in [6, 6.07) is 0. The first-order chi connectivity index (χ1) is 13.5. The molecular weight excluding hydrogens is 391 g/mol. The maximum Gasteiger partial charge on any atom is 0.434 e. The van der Waals surface area contributed by atoms with Crippen LogP contribution in [0.3, 0.4) is 0 Å². The van der Waals surface area contributed by atoms with E-state index in [0.29, 0.717) is 30.5 Å². The summed E-state index contributed by atoms with van der Waals surface area (Å²) < 4.78 is 40.1. The molecule has 0 saturated heterocycles. The number of guanidine groups is 1. The molecule has 0 saturated carbocycles. The van der Waals surface area contributed by atoms with E-state index in [9.17, 15) is 13.2 Å². The van der Waals surface area contributed by atoms with Gasteiger partial charge in [-0.15, -0.1) is 21.5 Å². The molecule has 1 aliphatic heterocycles. The van der Waals surface area contributed by atoms with Gasteiger partial charge < -0.3 is 15.2 Å². The molecule has 0 bridgehead atoms. The topological polar surface area (TPSA) is 80.0 Å². The monoisotopic (exact) mass is 415 g/mol. The lowest BCUT2D eigenvalue weighted by Gasteiger charge is -2.11. The number of hydrogen-bond acceptors (Lipinski definition) is 5. The Morgan fingerprint density at radius 3 is 2.86 bits per heavy atom. The van der Waals surface area contributed by atoms with E-state index in [4.69, 9.17) is 0 Å². The zero-order valence-corrected chi connectivity index (χ0v) is 16.5. The molecule has 3 rings (SSSR count). The second kappa shape index (κ2) is 9.35. The van der Waals surface area contributed by atoms with Crippen LogP contribution in [0.25, 0.3) is 0 Å². The number of alkyl halides is 3. The SMILES string of the molecule is CCNC(=NCc1nc(C(F)(F)F)cs1)NCCc1nnc2n1CCCCC2. The Balaban J connectivity index is 1.55. The Kier molecular flexibility index (Phi) is 6.87. The van der Waals surface area contributed by atoms with Gasteiger partial charge in [0.15, 0.2) is 11.7 Å². The number of halogens is 3. The van der Waals surface area contributed by atoms with E-state index in [2.05, 4.69) is 35.4 Å². The first kappa shape index (κ1) is 20.6. The second-order valence-electron chi connectivity index (χ2n) is 6.49. The van der Waals surface area contributed by atoms with Crippen molar-refractivity contribution in [1.29, 1.82) is 0 Å². The minimum absolute atomic E-state index is 0.0937. The molecule has 7 nitrogen and oxygen atoms in total. The standard InChI is InChI=1S/C17H24F3N7S/c1-2-21-16(23-10-15-24-12(11-28-15)17(18,19)20)22-8-7-14-26-25-13-6-4-3-5-9-27(13)14/h11H,2-10H2,1H3,(H2,21,22,23). The molecule has 2 aromatic rings. The number of hydrogen-bond donors (Lipinski definition) is 2. The number of thiazole rings is 1. The highest BCUT2D eigenvalue weighted by Crippen LogP contribution is 2.30. The van der Waals surface area contributed by atoms with E-state index < -0.39 is 11.9 Å². The van der Waals surface area contributed by atoms with Crippen molar-refractivity contribution in [2.45, 2.75) is 58.3 Å². The van der Waals surface area contributed by atoms with Crippen LogP contribution in [0.5, 0.6) is 0 Å². The summed E-state index contributed by atoms with van der Waals surface area (Å²) in [4.78, 5) is 7.93. The Bertz CT molecular complexity index is 797. The third kappa shape index (κ3) is 5.43. The fourth-order valence-corrected chi connectivity index (χ4v) is 3.75. The van der Waals surface area contributed by atoms with Gasteiger partial charge >= 0.3 is 6.18 Å². The van der Waals surface area contributed by atoms with Gasteiger partial charge in [-0.05, 0) is 19.8 Å². The highest BCUT2D eigenvalue weighted by molar-refractivity contribution is 7.09. The normalized spacial score (nSPS) is 15.2. The van der Waals surface area contributed by atoms with Crippen LogP contribution in [-0.2, 0) is 32.1 Å². The van der Waals surface area contributed by atoms with Crippen molar-refractivity contribution in [1.82, 2.24) is 30.4 Å². The number of nitrogens with one attached hydrogen (secondary N) is 2. The minimum Gasteiger partial charge on any atom is -0.357 e. The lowest BCUT2D eigenvalue weighted by Crippen LogP contribution is -2.38. The van der Waals surface area contributed by atoms with Crippen molar-refractivity contribution in [3.63, 3.8) is 0 Å². The molecule has 154 valence electrons. The molecule has 0 amide bonds. The predicted octanol–water partition coefficient (Wildman–Crippen LogP) is 2.78. The predicted molar refractivity (Wildman–Crippen MR) is 101 cm³/mol. The summed E-state index contributed by atoms with van der Waals surface area (Å²) in [7, 11) is 0. The molecule has 28 heavy (non-hydrogen) atoms. The van der Waals surface area contributed by atoms with Crippen molar-refractivity contribution in [3.05, 3.63) is 27.7 Å². The zero-order valence-electron chi connectivity index (χ0n) is 15.7. The van der Waals surface area contributed by atoms with Gasteiger partial charge in [0.25, 0.3) is 0 Å². The van der Waals surface area contributed by atoms with Crippen molar-refractivity contribution < 1.29 is 13.2 Å². The lowest BCUT2D eigenvalue weighted by atomic mass is 10.2. The van der Waals surface area contributed by atoms with Crippen LogP contribution >= 0.6 is 11.3 Å². The van der Waals surface area contributed by atoms with Crippen LogP contribution in [0.1, 0.15) is 48.5 Å². The van der Waals surface area contributed by atoms with Crippen LogP contribution in [0.4, 0.5) is 13.2 Å². The van der Waals surface area contributed by atoms with E-state index in [1.165, 1.54) is 6.42 Å². The Labute approximate surface area is 165 Å². The van der Waals surface area contributed by atoms with Crippen molar-refractivity contribution in [3.8, 4) is 0 Å². The number of aliphatic imine (C=N–C) groups is 1. The first-order valence-corrected chi connectivity index (χ1v) is 10.3. The molecule has 1 aliphatic rings. The summed E-state index contributed by atoms with van der Waals surface area (Å²) >= 11 is 0.960. The van der Waals surface area contributed by atoms with Gasteiger partial charge in [-0.1, -0.05) is 6.42 Å². The lowest BCUT2D eigenvalue weighted by molar-refractivity contribution is -0.140. The average molecular weight is 415 g/mol. The molecule has 2 N–H and O–H groups in total. The largest absolute Gasteiger partial charge is 0.434 e. The van der Waals surface area contributed by atoms with Crippen LogP contribution in [0, 0.1) is 0 Å². The highest BCUT2D eigenvalue weighted by Gasteiger charge is 2.33. The van der Waals surface area contributed by atoms with Crippen LogP contribution in [-0.4, -0.2) is 38.8 Å². The number of fused-ring (bicyclic) bond motifs is 1. The fourth-order valence-electron chi connectivity index (χ4n) is 3.03. The first-order valence-electron chi connectivity index (χ1n) is 9.42. The number of aromatic nitrogens is 4. The summed E-state index contributed by atoms with van der Waals surface area (Å²) in [6.07, 6.45) is 0.761. The number of aryl methyl sites for hydroxylation is 1. The van der Waals surface area contributed by atoms with E-state index in [1.807, 2.05) is 6.92 Å². The van der Waals surface area contributed by atoms with E-state index in [1.54, 1.807) is 0 Å². The number of rotatable bonds is 6. The van der Waals surface area contributed by atoms with Crippen LogP contribution in [0.15, 0.2) is 10.4 Å².